The molecule has 0 aliphatic carbocycles. The third-order valence-corrected chi connectivity index (χ3v) is 4.08. The Kier molecular flexibility index (Phi) is 5.32. The van der Waals surface area contributed by atoms with E-state index in [1.165, 1.54) is 0 Å². The minimum absolute atomic E-state index is 0.196. The van der Waals surface area contributed by atoms with Gasteiger partial charge in [-0.3, -0.25) is 4.79 Å². The van der Waals surface area contributed by atoms with Gasteiger partial charge in [0.15, 0.2) is 0 Å². The maximum Gasteiger partial charge on any atom is 0.225 e. The molecule has 5 heteroatoms. The van der Waals surface area contributed by atoms with E-state index < -0.39 is 0 Å². The molecule has 0 aromatic carbocycles. The first-order valence-electron chi connectivity index (χ1n) is 7.55. The molecule has 0 unspecified atom stereocenters. The van der Waals surface area contributed by atoms with Gasteiger partial charge in [0.2, 0.25) is 5.91 Å². The van der Waals surface area contributed by atoms with Gasteiger partial charge in [-0.05, 0) is 31.7 Å². The fourth-order valence-corrected chi connectivity index (χ4v) is 2.73. The van der Waals surface area contributed by atoms with Crippen molar-refractivity contribution in [3.05, 3.63) is 18.6 Å². The van der Waals surface area contributed by atoms with Crippen LogP contribution in [0, 0.1) is 5.92 Å². The normalized spacial score (nSPS) is 16.4. The second-order valence-electron chi connectivity index (χ2n) is 5.35. The van der Waals surface area contributed by atoms with Crippen LogP contribution in [0.3, 0.4) is 0 Å². The number of piperidine rings is 1. The van der Waals surface area contributed by atoms with E-state index in [0.29, 0.717) is 11.9 Å². The minimum atomic E-state index is 0.196. The van der Waals surface area contributed by atoms with Gasteiger partial charge in [-0.2, -0.15) is 0 Å². The van der Waals surface area contributed by atoms with Gasteiger partial charge >= 0.3 is 0 Å². The van der Waals surface area contributed by atoms with E-state index in [2.05, 4.69) is 29.1 Å². The van der Waals surface area contributed by atoms with Crippen LogP contribution in [-0.4, -0.2) is 39.9 Å². The molecule has 0 radical (unpaired) electrons. The van der Waals surface area contributed by atoms with E-state index in [1.54, 1.807) is 12.5 Å². The van der Waals surface area contributed by atoms with Crippen LogP contribution in [0.4, 0.5) is 5.82 Å². The van der Waals surface area contributed by atoms with Crippen molar-refractivity contribution in [3.63, 3.8) is 0 Å². The predicted molar refractivity (Wildman–Crippen MR) is 79.3 cm³/mol. The average molecular weight is 276 g/mol. The molecule has 0 atom stereocenters. The van der Waals surface area contributed by atoms with Gasteiger partial charge in [-0.1, -0.05) is 13.8 Å². The molecule has 110 valence electrons. The number of nitrogens with one attached hydrogen (secondary N) is 1. The number of aromatic nitrogens is 2. The van der Waals surface area contributed by atoms with Crippen LogP contribution >= 0.6 is 0 Å². The maximum atomic E-state index is 12.3. The van der Waals surface area contributed by atoms with Crippen molar-refractivity contribution in [2.75, 3.05) is 18.4 Å². The summed E-state index contributed by atoms with van der Waals surface area (Å²) < 4.78 is 0. The SMILES string of the molecule is CCC(CC)C(=O)N1CCC(Nc2ccncn2)CC1. The van der Waals surface area contributed by atoms with Crippen LogP contribution in [-0.2, 0) is 4.79 Å². The van der Waals surface area contributed by atoms with Crippen molar-refractivity contribution in [2.24, 2.45) is 5.92 Å². The third-order valence-electron chi connectivity index (χ3n) is 4.08. The van der Waals surface area contributed by atoms with Gasteiger partial charge in [0.1, 0.15) is 12.1 Å². The number of likely N-dealkylation sites (tertiary alicyclic amines) is 1. The number of nitrogens with zero attached hydrogens (tertiary/aromatic N) is 3. The molecule has 1 aromatic rings. The highest BCUT2D eigenvalue weighted by Gasteiger charge is 2.26. The van der Waals surface area contributed by atoms with Crippen molar-refractivity contribution < 1.29 is 4.79 Å². The van der Waals surface area contributed by atoms with Crippen molar-refractivity contribution in [1.82, 2.24) is 14.9 Å². The molecule has 2 rings (SSSR count). The summed E-state index contributed by atoms with van der Waals surface area (Å²) in [6.45, 7) is 5.88. The molecule has 2 heterocycles. The molecule has 1 fully saturated rings. The lowest BCUT2D eigenvalue weighted by Crippen LogP contribution is -2.44. The standard InChI is InChI=1S/C15H24N4O/c1-3-12(4-2)15(20)19-9-6-13(7-10-19)18-14-5-8-16-11-17-14/h5,8,11-13H,3-4,6-7,9-10H2,1-2H3,(H,16,17,18). The Hall–Kier alpha value is -1.65. The first kappa shape index (κ1) is 14.8. The fourth-order valence-electron chi connectivity index (χ4n) is 2.73. The molecule has 20 heavy (non-hydrogen) atoms. The van der Waals surface area contributed by atoms with Gasteiger partial charge in [-0.25, -0.2) is 9.97 Å². The predicted octanol–water partition coefficient (Wildman–Crippen LogP) is 2.32. The van der Waals surface area contributed by atoms with E-state index in [9.17, 15) is 4.79 Å². The zero-order chi connectivity index (χ0) is 14.4. The zero-order valence-electron chi connectivity index (χ0n) is 12.4. The Balaban J connectivity index is 1.82. The van der Waals surface area contributed by atoms with Gasteiger partial charge in [0.05, 0.1) is 0 Å². The van der Waals surface area contributed by atoms with E-state index in [-0.39, 0.29) is 5.92 Å². The van der Waals surface area contributed by atoms with Gasteiger partial charge in [0.25, 0.3) is 0 Å². The Morgan fingerprint density at radius 1 is 1.40 bits per heavy atom. The number of carbonyl (C=O) groups excluding carboxylic acids is 1. The number of hydrogen-bond donors (Lipinski definition) is 1. The topological polar surface area (TPSA) is 58.1 Å². The summed E-state index contributed by atoms with van der Waals surface area (Å²) >= 11 is 0. The van der Waals surface area contributed by atoms with E-state index in [4.69, 9.17) is 0 Å². The quantitative estimate of drug-likeness (QED) is 0.896. The summed E-state index contributed by atoms with van der Waals surface area (Å²) in [4.78, 5) is 22.4. The molecular formula is C15H24N4O. The molecule has 0 bridgehead atoms. The molecule has 1 aromatic heterocycles. The first-order chi connectivity index (χ1) is 9.74. The molecular weight excluding hydrogens is 252 g/mol. The van der Waals surface area contributed by atoms with Crippen molar-refractivity contribution in [3.8, 4) is 0 Å². The van der Waals surface area contributed by atoms with Crippen LogP contribution in [0.2, 0.25) is 0 Å². The minimum Gasteiger partial charge on any atom is -0.367 e. The van der Waals surface area contributed by atoms with Gasteiger partial charge < -0.3 is 10.2 Å². The lowest BCUT2D eigenvalue weighted by atomic mass is 9.98. The van der Waals surface area contributed by atoms with E-state index in [1.807, 2.05) is 11.0 Å². The van der Waals surface area contributed by atoms with Gasteiger partial charge in [0, 0.05) is 31.2 Å². The summed E-state index contributed by atoms with van der Waals surface area (Å²) in [5, 5.41) is 3.41. The van der Waals surface area contributed by atoms with E-state index in [0.717, 1.165) is 44.6 Å². The van der Waals surface area contributed by atoms with Crippen LogP contribution in [0.25, 0.3) is 0 Å². The molecule has 5 nitrogen and oxygen atoms in total. The average Bonchev–Trinajstić information content (AvgIpc) is 2.50. The first-order valence-corrected chi connectivity index (χ1v) is 7.55. The summed E-state index contributed by atoms with van der Waals surface area (Å²) in [7, 11) is 0. The van der Waals surface area contributed by atoms with Crippen LogP contribution in [0.15, 0.2) is 18.6 Å². The number of hydrogen-bond acceptors (Lipinski definition) is 4. The van der Waals surface area contributed by atoms with Crippen molar-refractivity contribution in [1.29, 1.82) is 0 Å². The monoisotopic (exact) mass is 276 g/mol. The summed E-state index contributed by atoms with van der Waals surface area (Å²) in [6, 6.07) is 2.28. The lowest BCUT2D eigenvalue weighted by molar-refractivity contribution is -0.136. The zero-order valence-corrected chi connectivity index (χ0v) is 12.4. The fraction of sp³-hybridized carbons (Fsp3) is 0.667. The third kappa shape index (κ3) is 3.68. The Morgan fingerprint density at radius 2 is 2.10 bits per heavy atom. The summed E-state index contributed by atoms with van der Waals surface area (Å²) in [6.07, 6.45) is 7.13. The Labute approximate surface area is 120 Å². The summed E-state index contributed by atoms with van der Waals surface area (Å²) in [5.74, 6) is 1.39. The number of amides is 1. The smallest absolute Gasteiger partial charge is 0.225 e. The van der Waals surface area contributed by atoms with Crippen LogP contribution < -0.4 is 5.32 Å². The van der Waals surface area contributed by atoms with Crippen LogP contribution in [0.1, 0.15) is 39.5 Å². The molecule has 1 aliphatic rings. The summed E-state index contributed by atoms with van der Waals surface area (Å²) in [5.41, 5.74) is 0. The van der Waals surface area contributed by atoms with Gasteiger partial charge in [-0.15, -0.1) is 0 Å². The van der Waals surface area contributed by atoms with Crippen molar-refractivity contribution in [2.45, 2.75) is 45.6 Å². The van der Waals surface area contributed by atoms with Crippen molar-refractivity contribution >= 4 is 11.7 Å². The highest BCUT2D eigenvalue weighted by Crippen LogP contribution is 2.19. The van der Waals surface area contributed by atoms with E-state index >= 15 is 0 Å². The highest BCUT2D eigenvalue weighted by atomic mass is 16.2. The number of anilines is 1. The molecule has 0 spiro atoms. The molecule has 1 amide bonds. The highest BCUT2D eigenvalue weighted by molar-refractivity contribution is 5.78. The number of carbonyl (C=O) groups is 1. The largest absolute Gasteiger partial charge is 0.367 e. The second-order valence-corrected chi connectivity index (χ2v) is 5.35. The Bertz CT molecular complexity index is 411. The number of rotatable bonds is 5. The lowest BCUT2D eigenvalue weighted by Gasteiger charge is -2.34. The second kappa shape index (κ2) is 7.22. The molecule has 1 N–H and O–H groups in total. The molecule has 0 saturated carbocycles. The molecule has 1 saturated heterocycles. The maximum absolute atomic E-state index is 12.3. The van der Waals surface area contributed by atoms with Crippen LogP contribution in [0.5, 0.6) is 0 Å². The molecule has 1 aliphatic heterocycles. The Morgan fingerprint density at radius 3 is 2.65 bits per heavy atom.